The lowest BCUT2D eigenvalue weighted by atomic mass is 9.98. The molecule has 1 aliphatic heterocycles. The van der Waals surface area contributed by atoms with Gasteiger partial charge in [0.2, 0.25) is 0 Å². The lowest BCUT2D eigenvalue weighted by Crippen LogP contribution is -2.37. The molecule has 0 saturated heterocycles. The number of hydrogen-bond donors (Lipinski definition) is 0. The average molecular weight is 253 g/mol. The highest BCUT2D eigenvalue weighted by Crippen LogP contribution is 2.34. The summed E-state index contributed by atoms with van der Waals surface area (Å²) in [6, 6.07) is 2.92. The second kappa shape index (κ2) is 5.98. The van der Waals surface area contributed by atoms with Crippen LogP contribution in [0.1, 0.15) is 43.7 Å². The van der Waals surface area contributed by atoms with Crippen LogP contribution in [0.4, 0.5) is 0 Å². The maximum Gasteiger partial charge on any atom is 0.0597 e. The van der Waals surface area contributed by atoms with Crippen molar-refractivity contribution in [3.05, 3.63) is 21.9 Å². The van der Waals surface area contributed by atoms with E-state index in [1.165, 1.54) is 19.4 Å². The molecule has 0 fully saturated rings. The Morgan fingerprint density at radius 2 is 2.35 bits per heavy atom. The van der Waals surface area contributed by atoms with Gasteiger partial charge in [-0.1, -0.05) is 6.92 Å². The van der Waals surface area contributed by atoms with Crippen molar-refractivity contribution >= 4 is 11.3 Å². The fourth-order valence-electron chi connectivity index (χ4n) is 2.60. The quantitative estimate of drug-likeness (QED) is 0.796. The van der Waals surface area contributed by atoms with E-state index in [1.807, 2.05) is 11.3 Å². The lowest BCUT2D eigenvalue weighted by Gasteiger charge is -2.35. The summed E-state index contributed by atoms with van der Waals surface area (Å²) in [5.74, 6) is 0. The molecule has 2 heterocycles. The molecule has 17 heavy (non-hydrogen) atoms. The normalized spacial score (nSPS) is 20.8. The molecule has 3 heteroatoms. The molecule has 1 aliphatic rings. The zero-order valence-corrected chi connectivity index (χ0v) is 11.9. The lowest BCUT2D eigenvalue weighted by molar-refractivity contribution is 0.0460. The molecule has 1 aromatic heterocycles. The van der Waals surface area contributed by atoms with Gasteiger partial charge in [-0.05, 0) is 43.7 Å². The van der Waals surface area contributed by atoms with E-state index in [9.17, 15) is 0 Å². The fourth-order valence-corrected chi connectivity index (χ4v) is 3.53. The van der Waals surface area contributed by atoms with E-state index in [-0.39, 0.29) is 0 Å². The standard InChI is InChI=1S/C14H23NOS/c1-4-13-12-6-10-17-14(12)5-7-15(13)8-9-16-11(2)3/h6,10-11,13H,4-5,7-9H2,1-3H3. The van der Waals surface area contributed by atoms with Crippen LogP contribution in [0.15, 0.2) is 11.4 Å². The Kier molecular flexibility index (Phi) is 4.60. The van der Waals surface area contributed by atoms with E-state index >= 15 is 0 Å². The maximum absolute atomic E-state index is 5.67. The molecule has 1 aromatic rings. The van der Waals surface area contributed by atoms with Crippen LogP contribution in [0.3, 0.4) is 0 Å². The van der Waals surface area contributed by atoms with Crippen LogP contribution in [0, 0.1) is 0 Å². The first-order chi connectivity index (χ1) is 8.22. The Bertz CT molecular complexity index is 348. The molecule has 2 nitrogen and oxygen atoms in total. The largest absolute Gasteiger partial charge is 0.377 e. The van der Waals surface area contributed by atoms with Crippen molar-refractivity contribution in [2.75, 3.05) is 19.7 Å². The Morgan fingerprint density at radius 1 is 1.53 bits per heavy atom. The van der Waals surface area contributed by atoms with Gasteiger partial charge in [0.05, 0.1) is 12.7 Å². The molecule has 0 aliphatic carbocycles. The highest BCUT2D eigenvalue weighted by atomic mass is 32.1. The number of nitrogens with zero attached hydrogens (tertiary/aromatic N) is 1. The van der Waals surface area contributed by atoms with Gasteiger partial charge in [0.15, 0.2) is 0 Å². The van der Waals surface area contributed by atoms with Gasteiger partial charge in [0.1, 0.15) is 0 Å². The van der Waals surface area contributed by atoms with Gasteiger partial charge in [-0.15, -0.1) is 11.3 Å². The number of thiophene rings is 1. The van der Waals surface area contributed by atoms with Gasteiger partial charge in [0.25, 0.3) is 0 Å². The molecule has 1 unspecified atom stereocenters. The molecule has 96 valence electrons. The van der Waals surface area contributed by atoms with Crippen molar-refractivity contribution in [3.63, 3.8) is 0 Å². The Balaban J connectivity index is 1.95. The van der Waals surface area contributed by atoms with Gasteiger partial charge in [0, 0.05) is 24.0 Å². The maximum atomic E-state index is 5.67. The molecule has 0 aromatic carbocycles. The topological polar surface area (TPSA) is 12.5 Å². The van der Waals surface area contributed by atoms with Crippen LogP contribution >= 0.6 is 11.3 Å². The van der Waals surface area contributed by atoms with Crippen LogP contribution in [0.2, 0.25) is 0 Å². The third-order valence-electron chi connectivity index (χ3n) is 3.42. The molecule has 0 amide bonds. The van der Waals surface area contributed by atoms with Gasteiger partial charge in [-0.2, -0.15) is 0 Å². The second-order valence-corrected chi connectivity index (χ2v) is 5.93. The van der Waals surface area contributed by atoms with Gasteiger partial charge in [-0.25, -0.2) is 0 Å². The first-order valence-electron chi connectivity index (χ1n) is 6.64. The highest BCUT2D eigenvalue weighted by Gasteiger charge is 2.26. The van der Waals surface area contributed by atoms with Crippen molar-refractivity contribution in [2.24, 2.45) is 0 Å². The summed E-state index contributed by atoms with van der Waals surface area (Å²) in [5, 5.41) is 2.24. The fraction of sp³-hybridized carbons (Fsp3) is 0.714. The van der Waals surface area contributed by atoms with Crippen molar-refractivity contribution < 1.29 is 4.74 Å². The van der Waals surface area contributed by atoms with E-state index in [0.29, 0.717) is 12.1 Å². The molecule has 1 atom stereocenters. The van der Waals surface area contributed by atoms with E-state index in [1.54, 1.807) is 10.4 Å². The zero-order valence-electron chi connectivity index (χ0n) is 11.1. The second-order valence-electron chi connectivity index (χ2n) is 4.93. The number of hydrogen-bond acceptors (Lipinski definition) is 3. The zero-order chi connectivity index (χ0) is 12.3. The first kappa shape index (κ1) is 13.1. The van der Waals surface area contributed by atoms with Crippen LogP contribution in [-0.2, 0) is 11.2 Å². The van der Waals surface area contributed by atoms with Crippen LogP contribution in [0.25, 0.3) is 0 Å². The molecule has 0 saturated carbocycles. The molecule has 0 bridgehead atoms. The Hall–Kier alpha value is -0.380. The molecular formula is C14H23NOS. The summed E-state index contributed by atoms with van der Waals surface area (Å²) >= 11 is 1.92. The Labute approximate surface area is 109 Å². The molecule has 2 rings (SSSR count). The molecular weight excluding hydrogens is 230 g/mol. The van der Waals surface area contributed by atoms with E-state index in [2.05, 4.69) is 37.1 Å². The minimum atomic E-state index is 0.344. The summed E-state index contributed by atoms with van der Waals surface area (Å²) in [5.41, 5.74) is 1.56. The van der Waals surface area contributed by atoms with E-state index < -0.39 is 0 Å². The average Bonchev–Trinajstić information content (AvgIpc) is 2.76. The van der Waals surface area contributed by atoms with Crippen molar-refractivity contribution in [1.82, 2.24) is 4.90 Å². The molecule has 0 radical (unpaired) electrons. The highest BCUT2D eigenvalue weighted by molar-refractivity contribution is 7.10. The van der Waals surface area contributed by atoms with Crippen molar-refractivity contribution in [3.8, 4) is 0 Å². The number of ether oxygens (including phenoxy) is 1. The summed E-state index contributed by atoms with van der Waals surface area (Å²) in [7, 11) is 0. The van der Waals surface area contributed by atoms with Crippen molar-refractivity contribution in [1.29, 1.82) is 0 Å². The SMILES string of the molecule is CCC1c2ccsc2CCN1CCOC(C)C. The summed E-state index contributed by atoms with van der Waals surface area (Å²) < 4.78 is 5.67. The van der Waals surface area contributed by atoms with Crippen LogP contribution in [-0.4, -0.2) is 30.7 Å². The predicted octanol–water partition coefficient (Wildman–Crippen LogP) is 3.48. The van der Waals surface area contributed by atoms with Crippen molar-refractivity contribution in [2.45, 2.75) is 45.8 Å². The third kappa shape index (κ3) is 3.09. The van der Waals surface area contributed by atoms with E-state index in [0.717, 1.165) is 13.2 Å². The van der Waals surface area contributed by atoms with Gasteiger partial charge >= 0.3 is 0 Å². The third-order valence-corrected chi connectivity index (χ3v) is 4.42. The Morgan fingerprint density at radius 3 is 3.06 bits per heavy atom. The smallest absolute Gasteiger partial charge is 0.0597 e. The minimum Gasteiger partial charge on any atom is -0.377 e. The van der Waals surface area contributed by atoms with E-state index in [4.69, 9.17) is 4.74 Å². The molecule has 0 N–H and O–H groups in total. The molecule has 0 spiro atoms. The van der Waals surface area contributed by atoms with Crippen LogP contribution in [0.5, 0.6) is 0 Å². The first-order valence-corrected chi connectivity index (χ1v) is 7.52. The summed E-state index contributed by atoms with van der Waals surface area (Å²) in [6.07, 6.45) is 2.76. The summed E-state index contributed by atoms with van der Waals surface area (Å²) in [4.78, 5) is 4.18. The predicted molar refractivity (Wildman–Crippen MR) is 73.7 cm³/mol. The number of fused-ring (bicyclic) bond motifs is 1. The van der Waals surface area contributed by atoms with Gasteiger partial charge in [-0.3, -0.25) is 4.90 Å². The monoisotopic (exact) mass is 253 g/mol. The van der Waals surface area contributed by atoms with Crippen LogP contribution < -0.4 is 0 Å². The summed E-state index contributed by atoms with van der Waals surface area (Å²) in [6.45, 7) is 9.59. The van der Waals surface area contributed by atoms with Gasteiger partial charge < -0.3 is 4.74 Å². The number of rotatable bonds is 5. The minimum absolute atomic E-state index is 0.344.